The maximum atomic E-state index is 11.5. The average Bonchev–Trinajstić information content (AvgIpc) is 2.26. The molecule has 7 heteroatoms. The van der Waals surface area contributed by atoms with E-state index in [2.05, 4.69) is 4.72 Å². The highest BCUT2D eigenvalue weighted by Gasteiger charge is 2.12. The summed E-state index contributed by atoms with van der Waals surface area (Å²) in [5, 5.41) is 8.43. The fourth-order valence-corrected chi connectivity index (χ4v) is 2.63. The number of carboxylic acid groups (broad SMARTS) is 1. The van der Waals surface area contributed by atoms with Gasteiger partial charge < -0.3 is 5.11 Å². The van der Waals surface area contributed by atoms with Gasteiger partial charge in [-0.3, -0.25) is 9.52 Å². The molecule has 0 radical (unpaired) electrons. The Morgan fingerprint density at radius 2 is 2.18 bits per heavy atom. The van der Waals surface area contributed by atoms with Crippen LogP contribution in [0.3, 0.4) is 0 Å². The quantitative estimate of drug-likeness (QED) is 0.771. The fraction of sp³-hybridized carbons (Fsp3) is 0.300. The first kappa shape index (κ1) is 13.9. The van der Waals surface area contributed by atoms with Crippen molar-refractivity contribution < 1.29 is 18.3 Å². The highest BCUT2D eigenvalue weighted by Crippen LogP contribution is 2.19. The molecular weight excluding hydrogens is 262 g/mol. The van der Waals surface area contributed by atoms with Gasteiger partial charge in [0.25, 0.3) is 0 Å². The van der Waals surface area contributed by atoms with Gasteiger partial charge in [-0.1, -0.05) is 6.07 Å². The van der Waals surface area contributed by atoms with E-state index < -0.39 is 28.2 Å². The van der Waals surface area contributed by atoms with Crippen molar-refractivity contribution in [1.82, 2.24) is 0 Å². The molecule has 1 aromatic carbocycles. The Balaban J connectivity index is 2.72. The van der Waals surface area contributed by atoms with Crippen LogP contribution in [0.15, 0.2) is 29.2 Å². The molecule has 2 N–H and O–H groups in total. The minimum atomic E-state index is -3.59. The van der Waals surface area contributed by atoms with Crippen LogP contribution in [-0.4, -0.2) is 31.5 Å². The summed E-state index contributed by atoms with van der Waals surface area (Å²) < 4.78 is 25.4. The minimum Gasteiger partial charge on any atom is -0.481 e. The van der Waals surface area contributed by atoms with Crippen LogP contribution in [0, 0.1) is 0 Å². The Hall–Kier alpha value is -1.21. The molecule has 1 aromatic rings. The summed E-state index contributed by atoms with van der Waals surface area (Å²) in [6.07, 6.45) is 1.48. The maximum Gasteiger partial charge on any atom is 0.304 e. The molecular formula is C10H13NO4S2. The van der Waals surface area contributed by atoms with Crippen molar-refractivity contribution in [3.05, 3.63) is 24.3 Å². The second kappa shape index (κ2) is 5.92. The van der Waals surface area contributed by atoms with Crippen molar-refractivity contribution in [3.63, 3.8) is 0 Å². The molecule has 0 heterocycles. The van der Waals surface area contributed by atoms with E-state index in [1.54, 1.807) is 18.2 Å². The van der Waals surface area contributed by atoms with Crippen molar-refractivity contribution in [3.8, 4) is 0 Å². The summed E-state index contributed by atoms with van der Waals surface area (Å²) in [5.74, 6) is -1.56. The van der Waals surface area contributed by atoms with Crippen LogP contribution in [0.25, 0.3) is 0 Å². The van der Waals surface area contributed by atoms with Crippen LogP contribution >= 0.6 is 11.8 Å². The molecule has 94 valence electrons. The lowest BCUT2D eigenvalue weighted by molar-refractivity contribution is -0.136. The number of nitrogens with one attached hydrogen (secondary N) is 1. The molecule has 0 aliphatic rings. The van der Waals surface area contributed by atoms with E-state index in [4.69, 9.17) is 5.11 Å². The lowest BCUT2D eigenvalue weighted by Gasteiger charge is -2.07. The Labute approximate surface area is 104 Å². The normalized spacial score (nSPS) is 11.1. The molecule has 0 aliphatic carbocycles. The number of sulfonamides is 1. The second-order valence-corrected chi connectivity index (χ2v) is 6.02. The molecule has 17 heavy (non-hydrogen) atoms. The molecule has 0 unspecified atom stereocenters. The maximum absolute atomic E-state index is 11.5. The van der Waals surface area contributed by atoms with Crippen molar-refractivity contribution in [1.29, 1.82) is 0 Å². The molecule has 5 nitrogen and oxygen atoms in total. The Morgan fingerprint density at radius 3 is 2.76 bits per heavy atom. The second-order valence-electron chi connectivity index (χ2n) is 3.30. The number of thioether (sulfide) groups is 1. The lowest BCUT2D eigenvalue weighted by Crippen LogP contribution is -2.18. The number of benzene rings is 1. The van der Waals surface area contributed by atoms with Gasteiger partial charge >= 0.3 is 5.97 Å². The van der Waals surface area contributed by atoms with E-state index in [0.717, 1.165) is 4.90 Å². The smallest absolute Gasteiger partial charge is 0.304 e. The number of hydrogen-bond acceptors (Lipinski definition) is 4. The van der Waals surface area contributed by atoms with Gasteiger partial charge in [-0.05, 0) is 24.5 Å². The van der Waals surface area contributed by atoms with Gasteiger partial charge in [-0.2, -0.15) is 0 Å². The first-order valence-electron chi connectivity index (χ1n) is 4.79. The number of anilines is 1. The highest BCUT2D eigenvalue weighted by atomic mass is 32.2. The van der Waals surface area contributed by atoms with Crippen molar-refractivity contribution in [2.45, 2.75) is 11.3 Å². The summed E-state index contributed by atoms with van der Waals surface area (Å²) >= 11 is 1.50. The lowest BCUT2D eigenvalue weighted by atomic mass is 10.3. The van der Waals surface area contributed by atoms with E-state index in [1.165, 1.54) is 11.8 Å². The Kier molecular flexibility index (Phi) is 4.83. The van der Waals surface area contributed by atoms with Crippen molar-refractivity contribution >= 4 is 33.4 Å². The van der Waals surface area contributed by atoms with Gasteiger partial charge in [0.2, 0.25) is 10.0 Å². The third kappa shape index (κ3) is 5.10. The summed E-state index contributed by atoms with van der Waals surface area (Å²) in [6, 6.07) is 6.92. The zero-order valence-corrected chi connectivity index (χ0v) is 10.8. The Bertz CT molecular complexity index is 499. The zero-order chi connectivity index (χ0) is 12.9. The van der Waals surface area contributed by atoms with Gasteiger partial charge in [0.15, 0.2) is 0 Å². The molecule has 0 saturated carbocycles. The largest absolute Gasteiger partial charge is 0.481 e. The van der Waals surface area contributed by atoms with Gasteiger partial charge in [-0.15, -0.1) is 11.8 Å². The predicted molar refractivity (Wildman–Crippen MR) is 67.9 cm³/mol. The minimum absolute atomic E-state index is 0.405. The number of hydrogen-bond donors (Lipinski definition) is 2. The molecule has 0 saturated heterocycles. The molecule has 0 amide bonds. The first-order chi connectivity index (χ1) is 7.93. The van der Waals surface area contributed by atoms with Crippen LogP contribution in [0.5, 0.6) is 0 Å². The number of aliphatic carboxylic acids is 1. The molecule has 0 atom stereocenters. The van der Waals surface area contributed by atoms with Gasteiger partial charge in [0, 0.05) is 10.6 Å². The standard InChI is InChI=1S/C10H13NO4S2/c1-16-9-4-2-3-8(7-9)11-17(14,15)6-5-10(12)13/h2-4,7,11H,5-6H2,1H3,(H,12,13). The first-order valence-corrected chi connectivity index (χ1v) is 7.67. The van der Waals surface area contributed by atoms with E-state index in [1.807, 2.05) is 12.3 Å². The number of rotatable bonds is 6. The SMILES string of the molecule is CSc1cccc(NS(=O)(=O)CCC(=O)O)c1. The van der Waals surface area contributed by atoms with E-state index in [-0.39, 0.29) is 0 Å². The van der Waals surface area contributed by atoms with Crippen LogP contribution < -0.4 is 4.72 Å². The van der Waals surface area contributed by atoms with Gasteiger partial charge in [-0.25, -0.2) is 8.42 Å². The van der Waals surface area contributed by atoms with E-state index >= 15 is 0 Å². The monoisotopic (exact) mass is 275 g/mol. The fourth-order valence-electron chi connectivity index (χ4n) is 1.14. The van der Waals surface area contributed by atoms with E-state index in [0.29, 0.717) is 5.69 Å². The zero-order valence-electron chi connectivity index (χ0n) is 9.21. The summed E-state index contributed by atoms with van der Waals surface area (Å²) in [7, 11) is -3.59. The molecule has 0 bridgehead atoms. The third-order valence-electron chi connectivity index (χ3n) is 1.93. The third-order valence-corrected chi connectivity index (χ3v) is 3.94. The molecule has 0 spiro atoms. The average molecular weight is 275 g/mol. The summed E-state index contributed by atoms with van der Waals surface area (Å²) in [5.41, 5.74) is 0.447. The van der Waals surface area contributed by atoms with Crippen LogP contribution in [0.1, 0.15) is 6.42 Å². The van der Waals surface area contributed by atoms with Crippen molar-refractivity contribution in [2.24, 2.45) is 0 Å². The van der Waals surface area contributed by atoms with Crippen LogP contribution in [-0.2, 0) is 14.8 Å². The molecule has 0 aromatic heterocycles. The topological polar surface area (TPSA) is 83.5 Å². The summed E-state index contributed by atoms with van der Waals surface area (Å²) in [4.78, 5) is 11.2. The molecule has 1 rings (SSSR count). The number of carbonyl (C=O) groups is 1. The van der Waals surface area contributed by atoms with Crippen LogP contribution in [0.2, 0.25) is 0 Å². The predicted octanol–water partition coefficient (Wildman–Crippen LogP) is 1.62. The van der Waals surface area contributed by atoms with Crippen molar-refractivity contribution in [2.75, 3.05) is 16.7 Å². The molecule has 0 aliphatic heterocycles. The number of carboxylic acids is 1. The van der Waals surface area contributed by atoms with Gasteiger partial charge in [0.1, 0.15) is 0 Å². The summed E-state index contributed by atoms with van der Waals surface area (Å²) in [6.45, 7) is 0. The Morgan fingerprint density at radius 1 is 1.47 bits per heavy atom. The van der Waals surface area contributed by atoms with E-state index in [9.17, 15) is 13.2 Å². The van der Waals surface area contributed by atoms with Crippen LogP contribution in [0.4, 0.5) is 5.69 Å². The molecule has 0 fully saturated rings. The van der Waals surface area contributed by atoms with Gasteiger partial charge in [0.05, 0.1) is 12.2 Å². The highest BCUT2D eigenvalue weighted by molar-refractivity contribution is 7.98.